The van der Waals surface area contributed by atoms with Gasteiger partial charge in [0.25, 0.3) is 0 Å². The highest BCUT2D eigenvalue weighted by Crippen LogP contribution is 2.34. The summed E-state index contributed by atoms with van der Waals surface area (Å²) in [5.74, 6) is 2.87. The van der Waals surface area contributed by atoms with Gasteiger partial charge in [0.05, 0.1) is 11.0 Å². The molecule has 158 valence electrons. The molecule has 1 atom stereocenters. The number of benzene rings is 1. The summed E-state index contributed by atoms with van der Waals surface area (Å²) in [5, 5.41) is 3.55. The maximum absolute atomic E-state index is 5.11. The molecule has 3 aliphatic rings. The first-order chi connectivity index (χ1) is 14.4. The minimum Gasteiger partial charge on any atom is -0.324 e. The van der Waals surface area contributed by atoms with Gasteiger partial charge in [-0.05, 0) is 56.7 Å². The van der Waals surface area contributed by atoms with Crippen LogP contribution in [0.1, 0.15) is 82.0 Å². The van der Waals surface area contributed by atoms with Gasteiger partial charge in [-0.15, -0.1) is 0 Å². The lowest BCUT2D eigenvalue weighted by atomic mass is 9.90. The third-order valence-electron chi connectivity index (χ3n) is 7.71. The second-order valence-electron chi connectivity index (χ2n) is 9.76. The van der Waals surface area contributed by atoms with Crippen molar-refractivity contribution in [2.75, 3.05) is 32.7 Å². The Labute approximate surface area is 176 Å². The molecular weight excluding hydrogens is 356 g/mol. The number of nitrogens with zero attached hydrogens (tertiary/aromatic N) is 3. The first-order valence-corrected chi connectivity index (χ1v) is 12.3. The molecular formula is C25H38N4. The van der Waals surface area contributed by atoms with Gasteiger partial charge in [0.2, 0.25) is 0 Å². The molecule has 3 heterocycles. The summed E-state index contributed by atoms with van der Waals surface area (Å²) < 4.78 is 2.64. The van der Waals surface area contributed by atoms with Gasteiger partial charge in [0.15, 0.2) is 0 Å². The highest BCUT2D eigenvalue weighted by atomic mass is 15.2. The van der Waals surface area contributed by atoms with Crippen LogP contribution in [0.2, 0.25) is 0 Å². The van der Waals surface area contributed by atoms with Crippen LogP contribution in [0.5, 0.6) is 0 Å². The third kappa shape index (κ3) is 4.39. The third-order valence-corrected chi connectivity index (χ3v) is 7.71. The zero-order valence-corrected chi connectivity index (χ0v) is 18.0. The van der Waals surface area contributed by atoms with E-state index in [0.717, 1.165) is 19.0 Å². The van der Waals surface area contributed by atoms with E-state index in [0.29, 0.717) is 12.0 Å². The quantitative estimate of drug-likeness (QED) is 0.782. The fraction of sp³-hybridized carbons (Fsp3) is 0.720. The molecule has 1 aromatic carbocycles. The lowest BCUT2D eigenvalue weighted by molar-refractivity contribution is 0.151. The molecule has 1 aromatic heterocycles. The average Bonchev–Trinajstić information content (AvgIpc) is 3.38. The number of likely N-dealkylation sites (tertiary alicyclic amines) is 1. The zero-order chi connectivity index (χ0) is 19.5. The van der Waals surface area contributed by atoms with Crippen molar-refractivity contribution in [3.63, 3.8) is 0 Å². The molecule has 29 heavy (non-hydrogen) atoms. The van der Waals surface area contributed by atoms with Gasteiger partial charge in [-0.25, -0.2) is 4.98 Å². The molecule has 4 nitrogen and oxygen atoms in total. The van der Waals surface area contributed by atoms with Crippen molar-refractivity contribution in [3.05, 3.63) is 30.1 Å². The monoisotopic (exact) mass is 394 g/mol. The predicted molar refractivity (Wildman–Crippen MR) is 120 cm³/mol. The summed E-state index contributed by atoms with van der Waals surface area (Å²) in [6, 6.07) is 9.41. The van der Waals surface area contributed by atoms with E-state index in [1.54, 1.807) is 0 Å². The number of nitrogens with one attached hydrogen (secondary N) is 1. The molecule has 2 aromatic rings. The molecule has 0 amide bonds. The minimum atomic E-state index is 0.579. The van der Waals surface area contributed by atoms with Crippen molar-refractivity contribution < 1.29 is 0 Å². The number of hydrogen-bond acceptors (Lipinski definition) is 3. The fourth-order valence-corrected chi connectivity index (χ4v) is 6.06. The number of para-hydroxylation sites is 2. The fourth-order valence-electron chi connectivity index (χ4n) is 6.06. The van der Waals surface area contributed by atoms with E-state index in [2.05, 4.69) is 39.0 Å². The number of hydrogen-bond donors (Lipinski definition) is 1. The zero-order valence-electron chi connectivity index (χ0n) is 18.0. The average molecular weight is 395 g/mol. The number of imidazole rings is 1. The minimum absolute atomic E-state index is 0.579. The predicted octanol–water partition coefficient (Wildman–Crippen LogP) is 5.11. The molecule has 0 unspecified atom stereocenters. The topological polar surface area (TPSA) is 33.1 Å². The van der Waals surface area contributed by atoms with Gasteiger partial charge < -0.3 is 14.8 Å². The normalized spacial score (nSPS) is 26.0. The molecule has 3 fully saturated rings. The Morgan fingerprint density at radius 1 is 0.897 bits per heavy atom. The smallest absolute Gasteiger partial charge is 0.114 e. The molecule has 1 N–H and O–H groups in total. The Balaban J connectivity index is 1.28. The lowest BCUT2D eigenvalue weighted by Crippen LogP contribution is -2.38. The summed E-state index contributed by atoms with van der Waals surface area (Å²) in [6.45, 7) is 6.08. The highest BCUT2D eigenvalue weighted by molar-refractivity contribution is 5.76. The maximum atomic E-state index is 5.11. The van der Waals surface area contributed by atoms with Crippen LogP contribution in [0.4, 0.5) is 0 Å². The van der Waals surface area contributed by atoms with Crippen molar-refractivity contribution >= 4 is 11.0 Å². The summed E-state index contributed by atoms with van der Waals surface area (Å²) in [5.41, 5.74) is 2.54. The van der Waals surface area contributed by atoms with Crippen molar-refractivity contribution in [2.45, 2.75) is 76.2 Å². The largest absolute Gasteiger partial charge is 0.324 e. The highest BCUT2D eigenvalue weighted by Gasteiger charge is 2.29. The number of fused-ring (bicyclic) bond motifs is 1. The summed E-state index contributed by atoms with van der Waals surface area (Å²) in [6.07, 6.45) is 14.0. The van der Waals surface area contributed by atoms with E-state index >= 15 is 0 Å². The summed E-state index contributed by atoms with van der Waals surface area (Å²) in [7, 11) is 0. The van der Waals surface area contributed by atoms with Crippen LogP contribution in [-0.4, -0.2) is 47.2 Å². The van der Waals surface area contributed by atoms with E-state index in [1.807, 2.05) is 0 Å². The van der Waals surface area contributed by atoms with Crippen molar-refractivity contribution in [1.29, 1.82) is 0 Å². The maximum Gasteiger partial charge on any atom is 0.114 e. The standard InChI is InChI=1S/C25H38N4/c1-2-4-8-20(9-5-3-1)19-28-16-13-22(14-17-28)29-24-11-7-6-10-23(24)27-25(29)21-12-15-26-18-21/h6-7,10-11,20-22,26H,1-5,8-9,12-19H2/t21-/m0/s1. The van der Waals surface area contributed by atoms with E-state index in [9.17, 15) is 0 Å². The van der Waals surface area contributed by atoms with Crippen molar-refractivity contribution in [1.82, 2.24) is 19.8 Å². The Bertz CT molecular complexity index is 775. The molecule has 2 aliphatic heterocycles. The molecule has 1 aliphatic carbocycles. The Morgan fingerprint density at radius 2 is 1.66 bits per heavy atom. The molecule has 0 spiro atoms. The second-order valence-corrected chi connectivity index (χ2v) is 9.76. The van der Waals surface area contributed by atoms with E-state index < -0.39 is 0 Å². The van der Waals surface area contributed by atoms with Gasteiger partial charge in [0.1, 0.15) is 5.82 Å². The SMILES string of the molecule is c1ccc2c(c1)nc([C@H]1CCNC1)n2C1CCN(CC2CCCCCCC2)CC1. The number of aromatic nitrogens is 2. The molecule has 0 bridgehead atoms. The summed E-state index contributed by atoms with van der Waals surface area (Å²) in [4.78, 5) is 7.89. The van der Waals surface area contributed by atoms with Crippen LogP contribution in [0.25, 0.3) is 11.0 Å². The van der Waals surface area contributed by atoms with Gasteiger partial charge in [0, 0.05) is 38.1 Å². The number of piperidine rings is 1. The van der Waals surface area contributed by atoms with Crippen LogP contribution in [-0.2, 0) is 0 Å². The van der Waals surface area contributed by atoms with Gasteiger partial charge in [-0.2, -0.15) is 0 Å². The lowest BCUT2D eigenvalue weighted by Gasteiger charge is -2.36. The molecule has 5 rings (SSSR count). The van der Waals surface area contributed by atoms with Crippen LogP contribution < -0.4 is 5.32 Å². The Hall–Kier alpha value is -1.39. The Kier molecular flexibility index (Phi) is 6.19. The van der Waals surface area contributed by atoms with Crippen LogP contribution in [0.15, 0.2) is 24.3 Å². The van der Waals surface area contributed by atoms with Crippen molar-refractivity contribution in [2.24, 2.45) is 5.92 Å². The second kappa shape index (κ2) is 9.18. The molecule has 0 radical (unpaired) electrons. The first-order valence-electron chi connectivity index (χ1n) is 12.3. The van der Waals surface area contributed by atoms with Crippen LogP contribution in [0.3, 0.4) is 0 Å². The molecule has 4 heteroatoms. The molecule has 2 saturated heterocycles. The van der Waals surface area contributed by atoms with Gasteiger partial charge in [-0.3, -0.25) is 0 Å². The van der Waals surface area contributed by atoms with E-state index in [1.165, 1.54) is 101 Å². The van der Waals surface area contributed by atoms with Gasteiger partial charge >= 0.3 is 0 Å². The van der Waals surface area contributed by atoms with Crippen LogP contribution >= 0.6 is 0 Å². The first kappa shape index (κ1) is 19.6. The van der Waals surface area contributed by atoms with Crippen molar-refractivity contribution in [3.8, 4) is 0 Å². The molecule has 1 saturated carbocycles. The van der Waals surface area contributed by atoms with Crippen LogP contribution in [0, 0.1) is 5.92 Å². The Morgan fingerprint density at radius 3 is 2.41 bits per heavy atom. The summed E-state index contributed by atoms with van der Waals surface area (Å²) >= 11 is 0. The van der Waals surface area contributed by atoms with E-state index in [-0.39, 0.29) is 0 Å². The number of rotatable bonds is 4. The van der Waals surface area contributed by atoms with E-state index in [4.69, 9.17) is 4.98 Å². The van der Waals surface area contributed by atoms with Gasteiger partial charge in [-0.1, -0.05) is 44.2 Å².